The predicted octanol–water partition coefficient (Wildman–Crippen LogP) is 4.75. The van der Waals surface area contributed by atoms with E-state index >= 15 is 0 Å². The molecule has 1 saturated heterocycles. The van der Waals surface area contributed by atoms with Crippen LogP contribution in [0, 0.1) is 0 Å². The third-order valence-electron chi connectivity index (χ3n) is 5.05. The first-order valence-electron chi connectivity index (χ1n) is 9.96. The molecular weight excluding hydrogens is 364 g/mol. The number of amides is 1. The lowest BCUT2D eigenvalue weighted by atomic mass is 9.98. The van der Waals surface area contributed by atoms with Gasteiger partial charge in [0.1, 0.15) is 11.7 Å². The molecule has 1 aromatic rings. The normalized spacial score (nSPS) is 19.7. The van der Waals surface area contributed by atoms with Crippen molar-refractivity contribution in [1.29, 1.82) is 0 Å². The molecule has 0 unspecified atom stereocenters. The van der Waals surface area contributed by atoms with Gasteiger partial charge in [-0.3, -0.25) is 0 Å². The number of esters is 1. The Labute approximate surface area is 165 Å². The maximum absolute atomic E-state index is 12.3. The summed E-state index contributed by atoms with van der Waals surface area (Å²) in [5.74, 6) is -0.0134. The van der Waals surface area contributed by atoms with E-state index in [0.717, 1.165) is 43.5 Å². The van der Waals surface area contributed by atoms with Gasteiger partial charge in [0.25, 0.3) is 0 Å². The third kappa shape index (κ3) is 5.67. The zero-order valence-corrected chi connectivity index (χ0v) is 17.3. The highest BCUT2D eigenvalue weighted by molar-refractivity contribution is 7.09. The van der Waals surface area contributed by atoms with Gasteiger partial charge in [0, 0.05) is 24.4 Å². The van der Waals surface area contributed by atoms with Gasteiger partial charge in [-0.25, -0.2) is 14.6 Å². The molecule has 0 N–H and O–H groups in total. The van der Waals surface area contributed by atoms with Gasteiger partial charge in [0.05, 0.1) is 5.01 Å². The second-order valence-electron chi connectivity index (χ2n) is 8.48. The molecule has 0 atom stereocenters. The number of piperidine rings is 1. The van der Waals surface area contributed by atoms with E-state index in [1.165, 1.54) is 17.8 Å². The van der Waals surface area contributed by atoms with Crippen molar-refractivity contribution >= 4 is 23.4 Å². The summed E-state index contributed by atoms with van der Waals surface area (Å²) < 4.78 is 11.0. The maximum atomic E-state index is 12.3. The molecular formula is C20H30N2O4S. The molecule has 6 nitrogen and oxygen atoms in total. The minimum absolute atomic E-state index is 0.0495. The molecule has 2 heterocycles. The van der Waals surface area contributed by atoms with E-state index < -0.39 is 5.60 Å². The second kappa shape index (κ2) is 8.59. The molecule has 0 spiro atoms. The van der Waals surface area contributed by atoms with Crippen LogP contribution in [0.4, 0.5) is 4.79 Å². The van der Waals surface area contributed by atoms with Crippen LogP contribution in [-0.4, -0.2) is 46.7 Å². The van der Waals surface area contributed by atoms with Gasteiger partial charge in [-0.05, 0) is 59.3 Å². The Kier molecular flexibility index (Phi) is 6.40. The van der Waals surface area contributed by atoms with E-state index in [4.69, 9.17) is 9.47 Å². The molecule has 1 saturated carbocycles. The molecule has 0 aromatic carbocycles. The van der Waals surface area contributed by atoms with E-state index in [1.807, 2.05) is 20.8 Å². The van der Waals surface area contributed by atoms with Crippen LogP contribution in [0.5, 0.6) is 0 Å². The van der Waals surface area contributed by atoms with Gasteiger partial charge in [-0.1, -0.05) is 6.42 Å². The molecule has 1 aliphatic carbocycles. The smallest absolute Gasteiger partial charge is 0.410 e. The summed E-state index contributed by atoms with van der Waals surface area (Å²) in [6, 6.07) is 0. The highest BCUT2D eigenvalue weighted by Crippen LogP contribution is 2.31. The molecule has 0 radical (unpaired) electrons. The van der Waals surface area contributed by atoms with Crippen molar-refractivity contribution in [3.05, 3.63) is 16.1 Å². The number of hydrogen-bond acceptors (Lipinski definition) is 6. The molecule has 2 fully saturated rings. The summed E-state index contributed by atoms with van der Waals surface area (Å²) in [5.41, 5.74) is -0.0493. The zero-order valence-electron chi connectivity index (χ0n) is 16.5. The van der Waals surface area contributed by atoms with Crippen LogP contribution >= 0.6 is 11.3 Å². The highest BCUT2D eigenvalue weighted by Gasteiger charge is 2.29. The van der Waals surface area contributed by atoms with E-state index in [0.29, 0.717) is 18.8 Å². The number of aromatic nitrogens is 1. The number of carbonyl (C=O) groups excluding carboxylic acids is 2. The molecule has 1 amide bonds. The topological polar surface area (TPSA) is 68.7 Å². The zero-order chi connectivity index (χ0) is 19.4. The van der Waals surface area contributed by atoms with Gasteiger partial charge in [0.15, 0.2) is 5.69 Å². The Morgan fingerprint density at radius 2 is 1.78 bits per heavy atom. The fraction of sp³-hybridized carbons (Fsp3) is 0.750. The molecule has 1 aliphatic heterocycles. The van der Waals surface area contributed by atoms with Crippen LogP contribution in [0.15, 0.2) is 5.38 Å². The quantitative estimate of drug-likeness (QED) is 0.692. The molecule has 7 heteroatoms. The average molecular weight is 395 g/mol. The minimum atomic E-state index is -0.475. The first-order valence-corrected chi connectivity index (χ1v) is 10.8. The Balaban J connectivity index is 1.50. The fourth-order valence-corrected chi connectivity index (χ4v) is 4.56. The van der Waals surface area contributed by atoms with Crippen molar-refractivity contribution in [2.45, 2.75) is 83.3 Å². The van der Waals surface area contributed by atoms with E-state index in [1.54, 1.807) is 10.3 Å². The van der Waals surface area contributed by atoms with Crippen LogP contribution in [0.3, 0.4) is 0 Å². The number of thiazole rings is 1. The summed E-state index contributed by atoms with van der Waals surface area (Å²) in [6.45, 7) is 6.94. The summed E-state index contributed by atoms with van der Waals surface area (Å²) in [6.07, 6.45) is 6.90. The van der Waals surface area contributed by atoms with E-state index in [-0.39, 0.29) is 24.1 Å². The number of nitrogens with zero attached hydrogens (tertiary/aromatic N) is 2. The van der Waals surface area contributed by atoms with Gasteiger partial charge in [-0.2, -0.15) is 0 Å². The Morgan fingerprint density at radius 3 is 2.41 bits per heavy atom. The summed E-state index contributed by atoms with van der Waals surface area (Å²) in [4.78, 5) is 30.8. The molecule has 27 heavy (non-hydrogen) atoms. The van der Waals surface area contributed by atoms with E-state index in [9.17, 15) is 9.59 Å². The molecule has 2 aliphatic rings. The summed E-state index contributed by atoms with van der Waals surface area (Å²) >= 11 is 1.52. The van der Waals surface area contributed by atoms with Crippen molar-refractivity contribution in [3.8, 4) is 0 Å². The Morgan fingerprint density at radius 1 is 1.11 bits per heavy atom. The maximum Gasteiger partial charge on any atom is 0.410 e. The number of rotatable bonds is 3. The summed E-state index contributed by atoms with van der Waals surface area (Å²) in [5, 5.41) is 2.77. The first kappa shape index (κ1) is 20.1. The third-order valence-corrected chi connectivity index (χ3v) is 6.06. The predicted molar refractivity (Wildman–Crippen MR) is 104 cm³/mol. The lowest BCUT2D eigenvalue weighted by Crippen LogP contribution is -2.41. The first-order chi connectivity index (χ1) is 12.8. The van der Waals surface area contributed by atoms with Gasteiger partial charge in [0.2, 0.25) is 0 Å². The summed E-state index contributed by atoms with van der Waals surface area (Å²) in [7, 11) is 0. The monoisotopic (exact) mass is 394 g/mol. The van der Waals surface area contributed by atoms with Gasteiger partial charge >= 0.3 is 12.1 Å². The van der Waals surface area contributed by atoms with Crippen LogP contribution in [0.2, 0.25) is 0 Å². The largest absolute Gasteiger partial charge is 0.458 e. The number of hydrogen-bond donors (Lipinski definition) is 0. The van der Waals surface area contributed by atoms with Gasteiger partial charge < -0.3 is 14.4 Å². The van der Waals surface area contributed by atoms with Crippen molar-refractivity contribution in [2.75, 3.05) is 13.1 Å². The molecule has 3 rings (SSSR count). The van der Waals surface area contributed by atoms with Crippen molar-refractivity contribution in [1.82, 2.24) is 9.88 Å². The SMILES string of the molecule is CC(C)(C)OC(=O)N1CCC(c2nc(C(=O)OC3CCCCC3)cs2)CC1. The van der Waals surface area contributed by atoms with Crippen molar-refractivity contribution < 1.29 is 19.1 Å². The molecule has 150 valence electrons. The number of carbonyl (C=O) groups is 2. The van der Waals surface area contributed by atoms with Crippen LogP contribution in [-0.2, 0) is 9.47 Å². The van der Waals surface area contributed by atoms with E-state index in [2.05, 4.69) is 4.98 Å². The van der Waals surface area contributed by atoms with Crippen molar-refractivity contribution in [2.24, 2.45) is 0 Å². The fourth-order valence-electron chi connectivity index (χ4n) is 3.60. The average Bonchev–Trinajstić information content (AvgIpc) is 3.11. The number of likely N-dealkylation sites (tertiary alicyclic amines) is 1. The minimum Gasteiger partial charge on any atom is -0.458 e. The van der Waals surface area contributed by atoms with Crippen LogP contribution < -0.4 is 0 Å². The second-order valence-corrected chi connectivity index (χ2v) is 9.37. The van der Waals surface area contributed by atoms with Crippen LogP contribution in [0.25, 0.3) is 0 Å². The van der Waals surface area contributed by atoms with Crippen LogP contribution in [0.1, 0.15) is 87.1 Å². The standard InChI is InChI=1S/C20H30N2O4S/c1-20(2,3)26-19(24)22-11-9-14(10-12-22)17-21-16(13-27-17)18(23)25-15-7-5-4-6-8-15/h13-15H,4-12H2,1-3H3. The molecule has 0 bridgehead atoms. The number of ether oxygens (including phenoxy) is 2. The van der Waals surface area contributed by atoms with Crippen molar-refractivity contribution in [3.63, 3.8) is 0 Å². The highest BCUT2D eigenvalue weighted by atomic mass is 32.1. The Bertz CT molecular complexity index is 653. The molecule has 1 aromatic heterocycles. The van der Waals surface area contributed by atoms with Gasteiger partial charge in [-0.15, -0.1) is 11.3 Å². The Hall–Kier alpha value is -1.63. The lowest BCUT2D eigenvalue weighted by Gasteiger charge is -2.32. The lowest BCUT2D eigenvalue weighted by molar-refractivity contribution is 0.0200.